The summed E-state index contributed by atoms with van der Waals surface area (Å²) in [5.74, 6) is -0.277. The second-order valence-corrected chi connectivity index (χ2v) is 7.98. The number of aromatic carboxylic acids is 1. The third-order valence-electron chi connectivity index (χ3n) is 6.21. The molecule has 3 aliphatic rings. The highest BCUT2D eigenvalue weighted by molar-refractivity contribution is 5.85. The lowest BCUT2D eigenvalue weighted by Crippen LogP contribution is -2.60. The van der Waals surface area contributed by atoms with Crippen LogP contribution in [0.4, 0.5) is 5.82 Å². The SMILES string of the molecule is CN1CCC[C@H]1C(=O)N1CCOC2(CCN(c3cncc(C(=O)O)n3)CC2)C1. The maximum absolute atomic E-state index is 13.0. The number of nitrogens with zero attached hydrogens (tertiary/aromatic N) is 5. The zero-order chi connectivity index (χ0) is 19.7. The maximum Gasteiger partial charge on any atom is 0.356 e. The van der Waals surface area contributed by atoms with Crippen LogP contribution in [-0.4, -0.2) is 94.8 Å². The van der Waals surface area contributed by atoms with Crippen LogP contribution in [0.1, 0.15) is 36.2 Å². The number of amides is 1. The number of ether oxygens (including phenoxy) is 1. The first-order chi connectivity index (χ1) is 13.5. The van der Waals surface area contributed by atoms with Crippen LogP contribution in [0.15, 0.2) is 12.4 Å². The number of likely N-dealkylation sites (N-methyl/N-ethyl adjacent to an activating group) is 1. The van der Waals surface area contributed by atoms with Gasteiger partial charge in [0.15, 0.2) is 5.69 Å². The van der Waals surface area contributed by atoms with Crippen LogP contribution in [0.25, 0.3) is 0 Å². The molecule has 9 heteroatoms. The molecule has 0 radical (unpaired) electrons. The summed E-state index contributed by atoms with van der Waals surface area (Å²) in [6, 6.07) is 0.00396. The normalized spacial score (nSPS) is 25.2. The second kappa shape index (κ2) is 7.63. The molecule has 0 aliphatic carbocycles. The molecule has 0 saturated carbocycles. The largest absolute Gasteiger partial charge is 0.476 e. The Bertz CT molecular complexity index is 750. The van der Waals surface area contributed by atoms with Gasteiger partial charge in [0.05, 0.1) is 30.6 Å². The van der Waals surface area contributed by atoms with Crippen LogP contribution in [0.2, 0.25) is 0 Å². The molecule has 0 unspecified atom stereocenters. The van der Waals surface area contributed by atoms with Crippen molar-refractivity contribution < 1.29 is 19.4 Å². The molecule has 3 aliphatic heterocycles. The van der Waals surface area contributed by atoms with E-state index < -0.39 is 5.97 Å². The Kier molecular flexibility index (Phi) is 5.20. The number of hydrogen-bond acceptors (Lipinski definition) is 7. The van der Waals surface area contributed by atoms with Gasteiger partial charge < -0.3 is 19.6 Å². The Morgan fingerprint density at radius 2 is 2.00 bits per heavy atom. The second-order valence-electron chi connectivity index (χ2n) is 7.98. The molecule has 1 amide bonds. The molecule has 0 bridgehead atoms. The van der Waals surface area contributed by atoms with E-state index in [0.717, 1.165) is 32.2 Å². The molecular formula is C19H27N5O4. The number of carbonyl (C=O) groups is 2. The lowest BCUT2D eigenvalue weighted by molar-refractivity contribution is -0.157. The summed E-state index contributed by atoms with van der Waals surface area (Å²) in [5.41, 5.74) is -0.372. The fourth-order valence-electron chi connectivity index (χ4n) is 4.52. The number of hydrogen-bond donors (Lipinski definition) is 1. The summed E-state index contributed by atoms with van der Waals surface area (Å²) < 4.78 is 6.16. The summed E-state index contributed by atoms with van der Waals surface area (Å²) in [6.07, 6.45) is 6.41. The van der Waals surface area contributed by atoms with Gasteiger partial charge in [-0.2, -0.15) is 0 Å². The predicted molar refractivity (Wildman–Crippen MR) is 101 cm³/mol. The molecule has 1 aromatic rings. The lowest BCUT2D eigenvalue weighted by Gasteiger charge is -2.48. The van der Waals surface area contributed by atoms with Crippen molar-refractivity contribution in [2.24, 2.45) is 0 Å². The third kappa shape index (κ3) is 3.68. The van der Waals surface area contributed by atoms with Gasteiger partial charge in [0.1, 0.15) is 5.82 Å². The molecule has 1 N–H and O–H groups in total. The molecule has 4 heterocycles. The first-order valence-electron chi connectivity index (χ1n) is 9.91. The van der Waals surface area contributed by atoms with Crippen LogP contribution in [0.3, 0.4) is 0 Å². The molecule has 0 aromatic carbocycles. The number of anilines is 1. The van der Waals surface area contributed by atoms with Gasteiger partial charge in [-0.1, -0.05) is 0 Å². The van der Waals surface area contributed by atoms with E-state index in [2.05, 4.69) is 14.9 Å². The van der Waals surface area contributed by atoms with Crippen LogP contribution in [0.5, 0.6) is 0 Å². The van der Waals surface area contributed by atoms with Crippen molar-refractivity contribution >= 4 is 17.7 Å². The molecule has 1 atom stereocenters. The molecule has 152 valence electrons. The van der Waals surface area contributed by atoms with Gasteiger partial charge in [0.25, 0.3) is 0 Å². The number of rotatable bonds is 3. The molecule has 1 aromatic heterocycles. The maximum atomic E-state index is 13.0. The van der Waals surface area contributed by atoms with Crippen molar-refractivity contribution in [2.75, 3.05) is 51.3 Å². The van der Waals surface area contributed by atoms with Gasteiger partial charge in [0.2, 0.25) is 5.91 Å². The average Bonchev–Trinajstić information content (AvgIpc) is 3.14. The van der Waals surface area contributed by atoms with Crippen LogP contribution in [0, 0.1) is 0 Å². The van der Waals surface area contributed by atoms with Gasteiger partial charge >= 0.3 is 5.97 Å². The molecule has 9 nitrogen and oxygen atoms in total. The van der Waals surface area contributed by atoms with E-state index in [9.17, 15) is 9.59 Å². The van der Waals surface area contributed by atoms with E-state index in [1.54, 1.807) is 6.20 Å². The fourth-order valence-corrected chi connectivity index (χ4v) is 4.52. The topological polar surface area (TPSA) is 99.1 Å². The van der Waals surface area contributed by atoms with E-state index in [4.69, 9.17) is 9.84 Å². The third-order valence-corrected chi connectivity index (χ3v) is 6.21. The summed E-state index contributed by atoms with van der Waals surface area (Å²) in [7, 11) is 2.02. The zero-order valence-electron chi connectivity index (χ0n) is 16.2. The van der Waals surface area contributed by atoms with Crippen molar-refractivity contribution in [3.63, 3.8) is 0 Å². The van der Waals surface area contributed by atoms with Crippen molar-refractivity contribution in [1.82, 2.24) is 19.8 Å². The Hall–Kier alpha value is -2.26. The Labute approximate surface area is 164 Å². The number of aromatic nitrogens is 2. The zero-order valence-corrected chi connectivity index (χ0v) is 16.2. The van der Waals surface area contributed by atoms with E-state index in [1.165, 1.54) is 6.20 Å². The summed E-state index contributed by atoms with van der Waals surface area (Å²) in [6.45, 7) is 4.23. The number of morpholine rings is 1. The molecule has 3 saturated heterocycles. The van der Waals surface area contributed by atoms with Gasteiger partial charge in [-0.3, -0.25) is 14.7 Å². The van der Waals surface area contributed by atoms with E-state index in [1.807, 2.05) is 16.8 Å². The first kappa shape index (κ1) is 19.1. The average molecular weight is 389 g/mol. The van der Waals surface area contributed by atoms with Crippen molar-refractivity contribution in [3.05, 3.63) is 18.1 Å². The quantitative estimate of drug-likeness (QED) is 0.796. The predicted octanol–water partition coefficient (Wildman–Crippen LogP) is 0.467. The Morgan fingerprint density at radius 3 is 2.68 bits per heavy atom. The van der Waals surface area contributed by atoms with Gasteiger partial charge in [-0.25, -0.2) is 9.78 Å². The molecule has 3 fully saturated rings. The Morgan fingerprint density at radius 1 is 1.21 bits per heavy atom. The molecular weight excluding hydrogens is 362 g/mol. The molecule has 28 heavy (non-hydrogen) atoms. The number of carboxylic acids is 1. The highest BCUT2D eigenvalue weighted by Crippen LogP contribution is 2.32. The number of carboxylic acid groups (broad SMARTS) is 1. The summed E-state index contributed by atoms with van der Waals surface area (Å²) in [5, 5.41) is 9.11. The molecule has 4 rings (SSSR count). The van der Waals surface area contributed by atoms with Crippen LogP contribution < -0.4 is 4.90 Å². The highest BCUT2D eigenvalue weighted by atomic mass is 16.5. The monoisotopic (exact) mass is 389 g/mol. The standard InChI is InChI=1S/C19H27N5O4/c1-22-6-2-3-15(22)17(25)24-9-10-28-19(13-24)4-7-23(8-5-19)16-12-20-11-14(21-16)18(26)27/h11-12,15H,2-10,13H2,1H3,(H,26,27)/t15-/m0/s1. The highest BCUT2D eigenvalue weighted by Gasteiger charge is 2.43. The lowest BCUT2D eigenvalue weighted by atomic mass is 9.89. The van der Waals surface area contributed by atoms with Gasteiger partial charge in [-0.05, 0) is 39.3 Å². The fraction of sp³-hybridized carbons (Fsp3) is 0.684. The Balaban J connectivity index is 1.40. The minimum absolute atomic E-state index is 0.00396. The number of carbonyl (C=O) groups excluding carboxylic acids is 1. The van der Waals surface area contributed by atoms with Crippen molar-refractivity contribution in [3.8, 4) is 0 Å². The van der Waals surface area contributed by atoms with Gasteiger partial charge in [0, 0.05) is 26.2 Å². The minimum atomic E-state index is -1.08. The van der Waals surface area contributed by atoms with Crippen molar-refractivity contribution in [2.45, 2.75) is 37.3 Å². The van der Waals surface area contributed by atoms with Crippen LogP contribution >= 0.6 is 0 Å². The van der Waals surface area contributed by atoms with E-state index >= 15 is 0 Å². The number of likely N-dealkylation sites (tertiary alicyclic amines) is 1. The summed E-state index contributed by atoms with van der Waals surface area (Å²) in [4.78, 5) is 38.5. The molecule has 1 spiro atoms. The smallest absolute Gasteiger partial charge is 0.356 e. The van der Waals surface area contributed by atoms with E-state index in [-0.39, 0.29) is 23.2 Å². The van der Waals surface area contributed by atoms with Gasteiger partial charge in [-0.15, -0.1) is 0 Å². The first-order valence-corrected chi connectivity index (χ1v) is 9.91. The van der Waals surface area contributed by atoms with E-state index in [0.29, 0.717) is 38.6 Å². The summed E-state index contributed by atoms with van der Waals surface area (Å²) >= 11 is 0. The minimum Gasteiger partial charge on any atom is -0.476 e. The number of piperidine rings is 1. The van der Waals surface area contributed by atoms with Crippen LogP contribution in [-0.2, 0) is 9.53 Å². The van der Waals surface area contributed by atoms with Crippen molar-refractivity contribution in [1.29, 1.82) is 0 Å².